The number of hydrogen-bond donors (Lipinski definition) is 1. The molecule has 0 bridgehead atoms. The number of ether oxygens (including phenoxy) is 1. The Labute approximate surface area is 196 Å². The standard InChI is InChI=1S/C23H24N6O4S/c1-33-18-9-11-19(12-10-18)34(31,32)28-13-5-8-17(15-28)21-24-22-20(23(30)25-21)26-27-29(22)14-16-6-3-2-4-7-16/h2-4,6-7,9-12,17H,5,8,13-15H2,1H3,(H,24,25,30). The molecule has 0 amide bonds. The highest BCUT2D eigenvalue weighted by molar-refractivity contribution is 7.89. The summed E-state index contributed by atoms with van der Waals surface area (Å²) in [4.78, 5) is 20.4. The maximum Gasteiger partial charge on any atom is 0.281 e. The first-order valence-electron chi connectivity index (χ1n) is 11.0. The Morgan fingerprint density at radius 2 is 1.88 bits per heavy atom. The van der Waals surface area contributed by atoms with Gasteiger partial charge in [-0.25, -0.2) is 18.1 Å². The van der Waals surface area contributed by atoms with Crippen LogP contribution in [0, 0.1) is 0 Å². The third-order valence-corrected chi connectivity index (χ3v) is 7.91. The zero-order valence-corrected chi connectivity index (χ0v) is 19.4. The van der Waals surface area contributed by atoms with E-state index >= 15 is 0 Å². The Kier molecular flexibility index (Phi) is 5.88. The van der Waals surface area contributed by atoms with E-state index in [0.29, 0.717) is 43.2 Å². The minimum Gasteiger partial charge on any atom is -0.497 e. The largest absolute Gasteiger partial charge is 0.497 e. The summed E-state index contributed by atoms with van der Waals surface area (Å²) in [6, 6.07) is 16.0. The number of aromatic nitrogens is 5. The molecule has 176 valence electrons. The molecule has 0 radical (unpaired) electrons. The van der Waals surface area contributed by atoms with E-state index in [1.165, 1.54) is 23.5 Å². The highest BCUT2D eigenvalue weighted by Gasteiger charge is 2.32. The van der Waals surface area contributed by atoms with Crippen LogP contribution in [0.2, 0.25) is 0 Å². The number of nitrogens with zero attached hydrogens (tertiary/aromatic N) is 5. The van der Waals surface area contributed by atoms with Crippen molar-refractivity contribution < 1.29 is 13.2 Å². The molecule has 5 rings (SSSR count). The van der Waals surface area contributed by atoms with Crippen LogP contribution < -0.4 is 10.3 Å². The van der Waals surface area contributed by atoms with Crippen LogP contribution in [0.5, 0.6) is 5.75 Å². The summed E-state index contributed by atoms with van der Waals surface area (Å²) in [5.41, 5.74) is 1.18. The van der Waals surface area contributed by atoms with Crippen molar-refractivity contribution in [3.8, 4) is 5.75 Å². The maximum atomic E-state index is 13.2. The lowest BCUT2D eigenvalue weighted by Gasteiger charge is -2.31. The lowest BCUT2D eigenvalue weighted by molar-refractivity contribution is 0.309. The molecule has 0 saturated carbocycles. The highest BCUT2D eigenvalue weighted by Crippen LogP contribution is 2.29. The Hall–Kier alpha value is -3.57. The maximum absolute atomic E-state index is 13.2. The van der Waals surface area contributed by atoms with Gasteiger partial charge in [0.1, 0.15) is 11.6 Å². The molecule has 1 atom stereocenters. The van der Waals surface area contributed by atoms with E-state index in [1.807, 2.05) is 30.3 Å². The molecule has 3 heterocycles. The Bertz CT molecular complexity index is 1470. The summed E-state index contributed by atoms with van der Waals surface area (Å²) >= 11 is 0. The lowest BCUT2D eigenvalue weighted by atomic mass is 9.99. The second kappa shape index (κ2) is 8.99. The summed E-state index contributed by atoms with van der Waals surface area (Å²) in [6.45, 7) is 1.06. The van der Waals surface area contributed by atoms with Crippen LogP contribution in [0.25, 0.3) is 11.2 Å². The number of benzene rings is 2. The Morgan fingerprint density at radius 3 is 2.62 bits per heavy atom. The third-order valence-electron chi connectivity index (χ3n) is 6.04. The Morgan fingerprint density at radius 1 is 1.12 bits per heavy atom. The second-order valence-corrected chi connectivity index (χ2v) is 10.2. The van der Waals surface area contributed by atoms with Crippen LogP contribution in [-0.2, 0) is 16.6 Å². The monoisotopic (exact) mass is 480 g/mol. The van der Waals surface area contributed by atoms with Crippen LogP contribution in [-0.4, -0.2) is 57.9 Å². The molecule has 1 aliphatic heterocycles. The first-order valence-corrected chi connectivity index (χ1v) is 12.4. The number of H-pyrrole nitrogens is 1. The van der Waals surface area contributed by atoms with Gasteiger partial charge in [0.05, 0.1) is 18.6 Å². The van der Waals surface area contributed by atoms with Crippen LogP contribution in [0.1, 0.15) is 30.1 Å². The van der Waals surface area contributed by atoms with Gasteiger partial charge in [0.2, 0.25) is 10.0 Å². The smallest absolute Gasteiger partial charge is 0.281 e. The molecule has 1 N–H and O–H groups in total. The predicted octanol–water partition coefficient (Wildman–Crippen LogP) is 2.14. The van der Waals surface area contributed by atoms with E-state index in [9.17, 15) is 13.2 Å². The van der Waals surface area contributed by atoms with Crippen molar-refractivity contribution in [2.75, 3.05) is 20.2 Å². The number of fused-ring (bicyclic) bond motifs is 1. The normalized spacial score (nSPS) is 17.1. The predicted molar refractivity (Wildman–Crippen MR) is 125 cm³/mol. The van der Waals surface area contributed by atoms with Crippen molar-refractivity contribution in [3.63, 3.8) is 0 Å². The fraction of sp³-hybridized carbons (Fsp3) is 0.304. The number of sulfonamides is 1. The number of piperidine rings is 1. The molecule has 11 heteroatoms. The zero-order valence-electron chi connectivity index (χ0n) is 18.6. The SMILES string of the molecule is COc1ccc(S(=O)(=O)N2CCCC(c3nc4c(nnn4Cc4ccccc4)c(=O)[nH]3)C2)cc1. The average Bonchev–Trinajstić information content (AvgIpc) is 3.28. The van der Waals surface area contributed by atoms with Crippen molar-refractivity contribution in [1.29, 1.82) is 0 Å². The Balaban J connectivity index is 1.44. The molecule has 1 unspecified atom stereocenters. The van der Waals surface area contributed by atoms with Crippen LogP contribution in [0.3, 0.4) is 0 Å². The summed E-state index contributed by atoms with van der Waals surface area (Å²) in [5.74, 6) is 0.786. The van der Waals surface area contributed by atoms with Gasteiger partial charge in [0.15, 0.2) is 11.2 Å². The molecule has 34 heavy (non-hydrogen) atoms. The van der Waals surface area contributed by atoms with Crippen LogP contribution in [0.4, 0.5) is 0 Å². The summed E-state index contributed by atoms with van der Waals surface area (Å²) in [6.07, 6.45) is 1.37. The number of hydrogen-bond acceptors (Lipinski definition) is 7. The average molecular weight is 481 g/mol. The molecule has 10 nitrogen and oxygen atoms in total. The fourth-order valence-corrected chi connectivity index (χ4v) is 5.74. The highest BCUT2D eigenvalue weighted by atomic mass is 32.2. The van der Waals surface area contributed by atoms with Gasteiger partial charge in [-0.05, 0) is 42.7 Å². The summed E-state index contributed by atoms with van der Waals surface area (Å²) in [5, 5.41) is 8.11. The summed E-state index contributed by atoms with van der Waals surface area (Å²) in [7, 11) is -2.16. The first-order chi connectivity index (χ1) is 16.5. The molecule has 1 saturated heterocycles. The van der Waals surface area contributed by atoms with E-state index < -0.39 is 10.0 Å². The molecule has 1 fully saturated rings. The van der Waals surface area contributed by atoms with Gasteiger partial charge >= 0.3 is 0 Å². The van der Waals surface area contributed by atoms with Gasteiger partial charge in [-0.1, -0.05) is 35.5 Å². The van der Waals surface area contributed by atoms with E-state index in [-0.39, 0.29) is 28.4 Å². The fourth-order valence-electron chi connectivity index (χ4n) is 4.22. The van der Waals surface area contributed by atoms with Gasteiger partial charge in [0, 0.05) is 19.0 Å². The van der Waals surface area contributed by atoms with Crippen molar-refractivity contribution in [2.24, 2.45) is 0 Å². The van der Waals surface area contributed by atoms with Crippen molar-refractivity contribution in [2.45, 2.75) is 30.2 Å². The number of methoxy groups -OCH3 is 1. The number of aromatic amines is 1. The first kappa shape index (κ1) is 22.2. The van der Waals surface area contributed by atoms with Gasteiger partial charge in [0.25, 0.3) is 5.56 Å². The van der Waals surface area contributed by atoms with E-state index in [0.717, 1.165) is 5.56 Å². The number of nitrogens with one attached hydrogen (secondary N) is 1. The van der Waals surface area contributed by atoms with Crippen molar-refractivity contribution in [3.05, 3.63) is 76.3 Å². The van der Waals surface area contributed by atoms with Crippen molar-refractivity contribution in [1.82, 2.24) is 29.3 Å². The van der Waals surface area contributed by atoms with E-state index in [4.69, 9.17) is 4.74 Å². The zero-order chi connectivity index (χ0) is 23.7. The molecule has 2 aromatic heterocycles. The second-order valence-electron chi connectivity index (χ2n) is 8.23. The molecule has 0 spiro atoms. The van der Waals surface area contributed by atoms with Crippen LogP contribution in [0.15, 0.2) is 64.3 Å². The molecule has 1 aliphatic rings. The molecule has 4 aromatic rings. The summed E-state index contributed by atoms with van der Waals surface area (Å²) < 4.78 is 34.6. The van der Waals surface area contributed by atoms with Crippen molar-refractivity contribution >= 4 is 21.2 Å². The van der Waals surface area contributed by atoms with Gasteiger partial charge in [-0.15, -0.1) is 5.10 Å². The van der Waals surface area contributed by atoms with Gasteiger partial charge in [-0.2, -0.15) is 4.31 Å². The van der Waals surface area contributed by atoms with E-state index in [2.05, 4.69) is 20.3 Å². The van der Waals surface area contributed by atoms with Gasteiger partial charge in [-0.3, -0.25) is 4.79 Å². The van der Waals surface area contributed by atoms with Crippen LogP contribution >= 0.6 is 0 Å². The van der Waals surface area contributed by atoms with E-state index in [1.54, 1.807) is 16.8 Å². The topological polar surface area (TPSA) is 123 Å². The lowest BCUT2D eigenvalue weighted by Crippen LogP contribution is -2.39. The minimum absolute atomic E-state index is 0.165. The third kappa shape index (κ3) is 4.19. The molecule has 2 aromatic carbocycles. The molecular formula is C23H24N6O4S. The molecular weight excluding hydrogens is 456 g/mol. The molecule has 0 aliphatic carbocycles. The number of rotatable bonds is 6. The minimum atomic E-state index is -3.69. The van der Waals surface area contributed by atoms with Gasteiger partial charge < -0.3 is 9.72 Å². The quantitative estimate of drug-likeness (QED) is 0.448.